The average Bonchev–Trinajstić information content (AvgIpc) is 2.52. The highest BCUT2D eigenvalue weighted by molar-refractivity contribution is 5.10. The molecule has 1 heterocycles. The Labute approximate surface area is 66.7 Å². The molecule has 0 fully saturated rings. The third kappa shape index (κ3) is 2.24. The monoisotopic (exact) mass is 151 g/mol. The second-order valence-corrected chi connectivity index (χ2v) is 2.53. The first-order valence-electron chi connectivity index (χ1n) is 3.73. The van der Waals surface area contributed by atoms with Crippen LogP contribution in [0.3, 0.4) is 0 Å². The molecule has 0 bridgehead atoms. The van der Waals surface area contributed by atoms with E-state index in [9.17, 15) is 0 Å². The van der Waals surface area contributed by atoms with Crippen molar-refractivity contribution >= 4 is 0 Å². The molecule has 0 aliphatic rings. The SMILES string of the molecule is C=CCCC(N)c1ccoc1. The van der Waals surface area contributed by atoms with E-state index in [1.165, 1.54) is 0 Å². The van der Waals surface area contributed by atoms with Gasteiger partial charge in [0.15, 0.2) is 0 Å². The molecule has 1 atom stereocenters. The Bertz CT molecular complexity index is 203. The van der Waals surface area contributed by atoms with Crippen LogP contribution in [0.1, 0.15) is 24.4 Å². The molecule has 0 amide bonds. The molecule has 0 aliphatic heterocycles. The van der Waals surface area contributed by atoms with E-state index in [1.807, 2.05) is 12.1 Å². The minimum absolute atomic E-state index is 0.0896. The van der Waals surface area contributed by atoms with Crippen molar-refractivity contribution in [3.8, 4) is 0 Å². The summed E-state index contributed by atoms with van der Waals surface area (Å²) in [5, 5.41) is 0. The summed E-state index contributed by atoms with van der Waals surface area (Å²) >= 11 is 0. The molecule has 1 aromatic heterocycles. The molecule has 11 heavy (non-hydrogen) atoms. The van der Waals surface area contributed by atoms with Gasteiger partial charge >= 0.3 is 0 Å². The summed E-state index contributed by atoms with van der Waals surface area (Å²) in [6.45, 7) is 3.63. The Morgan fingerprint density at radius 1 is 1.73 bits per heavy atom. The minimum Gasteiger partial charge on any atom is -0.472 e. The van der Waals surface area contributed by atoms with Crippen LogP contribution in [-0.4, -0.2) is 0 Å². The highest BCUT2D eigenvalue weighted by Crippen LogP contribution is 2.15. The lowest BCUT2D eigenvalue weighted by molar-refractivity contribution is 0.555. The van der Waals surface area contributed by atoms with Crippen molar-refractivity contribution in [2.24, 2.45) is 5.73 Å². The zero-order valence-corrected chi connectivity index (χ0v) is 6.49. The molecule has 1 unspecified atom stereocenters. The van der Waals surface area contributed by atoms with E-state index < -0.39 is 0 Å². The molecule has 2 nitrogen and oxygen atoms in total. The van der Waals surface area contributed by atoms with Gasteiger partial charge in [-0.2, -0.15) is 0 Å². The summed E-state index contributed by atoms with van der Waals surface area (Å²) in [6, 6.07) is 1.99. The minimum atomic E-state index is 0.0896. The normalized spacial score (nSPS) is 12.8. The van der Waals surface area contributed by atoms with Gasteiger partial charge in [0.2, 0.25) is 0 Å². The lowest BCUT2D eigenvalue weighted by Crippen LogP contribution is -2.08. The van der Waals surface area contributed by atoms with Gasteiger partial charge in [0.05, 0.1) is 12.5 Å². The van der Waals surface area contributed by atoms with Crippen LogP contribution in [0.5, 0.6) is 0 Å². The van der Waals surface area contributed by atoms with Gasteiger partial charge < -0.3 is 10.2 Å². The number of allylic oxidation sites excluding steroid dienone is 1. The van der Waals surface area contributed by atoms with Gasteiger partial charge in [-0.25, -0.2) is 0 Å². The van der Waals surface area contributed by atoms with Crippen molar-refractivity contribution in [2.75, 3.05) is 0 Å². The van der Waals surface area contributed by atoms with Crippen molar-refractivity contribution in [3.63, 3.8) is 0 Å². The maximum Gasteiger partial charge on any atom is 0.0950 e. The Kier molecular flexibility index (Phi) is 2.93. The quantitative estimate of drug-likeness (QED) is 0.670. The van der Waals surface area contributed by atoms with Gasteiger partial charge in [0.25, 0.3) is 0 Å². The van der Waals surface area contributed by atoms with Gasteiger partial charge in [-0.15, -0.1) is 6.58 Å². The average molecular weight is 151 g/mol. The number of hydrogen-bond acceptors (Lipinski definition) is 2. The summed E-state index contributed by atoms with van der Waals surface area (Å²) in [7, 11) is 0. The first-order valence-corrected chi connectivity index (χ1v) is 3.73. The molecule has 0 aromatic carbocycles. The van der Waals surface area contributed by atoms with Gasteiger partial charge in [-0.3, -0.25) is 0 Å². The van der Waals surface area contributed by atoms with E-state index >= 15 is 0 Å². The van der Waals surface area contributed by atoms with Gasteiger partial charge in [-0.1, -0.05) is 6.08 Å². The number of furan rings is 1. The maximum absolute atomic E-state index is 5.82. The van der Waals surface area contributed by atoms with Crippen LogP contribution in [0.2, 0.25) is 0 Å². The van der Waals surface area contributed by atoms with Crippen molar-refractivity contribution in [1.29, 1.82) is 0 Å². The third-order valence-electron chi connectivity index (χ3n) is 1.65. The molecule has 0 saturated carbocycles. The fourth-order valence-electron chi connectivity index (χ4n) is 0.950. The van der Waals surface area contributed by atoms with E-state index in [0.29, 0.717) is 0 Å². The second kappa shape index (κ2) is 3.98. The largest absolute Gasteiger partial charge is 0.472 e. The van der Waals surface area contributed by atoms with E-state index in [-0.39, 0.29) is 6.04 Å². The smallest absolute Gasteiger partial charge is 0.0950 e. The van der Waals surface area contributed by atoms with Crippen LogP contribution in [0.15, 0.2) is 35.7 Å². The second-order valence-electron chi connectivity index (χ2n) is 2.53. The van der Waals surface area contributed by atoms with Crippen molar-refractivity contribution < 1.29 is 4.42 Å². The fourth-order valence-corrected chi connectivity index (χ4v) is 0.950. The molecular formula is C9H13NO. The van der Waals surface area contributed by atoms with Gasteiger partial charge in [-0.05, 0) is 18.9 Å². The molecule has 0 radical (unpaired) electrons. The molecule has 60 valence electrons. The number of rotatable bonds is 4. The molecule has 2 N–H and O–H groups in total. The van der Waals surface area contributed by atoms with Crippen LogP contribution in [0, 0.1) is 0 Å². The number of hydrogen-bond donors (Lipinski definition) is 1. The zero-order chi connectivity index (χ0) is 8.10. The standard InChI is InChI=1S/C9H13NO/c1-2-3-4-9(10)8-5-6-11-7-8/h2,5-7,9H,1,3-4,10H2. The zero-order valence-electron chi connectivity index (χ0n) is 6.49. The van der Waals surface area contributed by atoms with Crippen LogP contribution in [0.4, 0.5) is 0 Å². The van der Waals surface area contributed by atoms with Gasteiger partial charge in [0.1, 0.15) is 0 Å². The Morgan fingerprint density at radius 3 is 3.09 bits per heavy atom. The molecule has 0 saturated heterocycles. The van der Waals surface area contributed by atoms with E-state index in [1.54, 1.807) is 12.5 Å². The fraction of sp³-hybridized carbons (Fsp3) is 0.333. The Morgan fingerprint density at radius 2 is 2.55 bits per heavy atom. The lowest BCUT2D eigenvalue weighted by Gasteiger charge is -2.05. The summed E-state index contributed by atoms with van der Waals surface area (Å²) in [5.41, 5.74) is 6.88. The molecule has 0 aliphatic carbocycles. The molecule has 0 spiro atoms. The third-order valence-corrected chi connectivity index (χ3v) is 1.65. The predicted molar refractivity (Wildman–Crippen MR) is 45.1 cm³/mol. The van der Waals surface area contributed by atoms with E-state index in [4.69, 9.17) is 10.2 Å². The molecule has 1 rings (SSSR count). The van der Waals surface area contributed by atoms with Crippen molar-refractivity contribution in [3.05, 3.63) is 36.8 Å². The van der Waals surface area contributed by atoms with Crippen LogP contribution in [0.25, 0.3) is 0 Å². The summed E-state index contributed by atoms with van der Waals surface area (Å²) < 4.78 is 4.91. The lowest BCUT2D eigenvalue weighted by atomic mass is 10.1. The summed E-state index contributed by atoms with van der Waals surface area (Å²) in [6.07, 6.45) is 7.09. The predicted octanol–water partition coefficient (Wildman–Crippen LogP) is 2.25. The highest BCUT2D eigenvalue weighted by Gasteiger charge is 2.04. The first kappa shape index (κ1) is 8.08. The molecular weight excluding hydrogens is 138 g/mol. The van der Waals surface area contributed by atoms with Crippen LogP contribution >= 0.6 is 0 Å². The van der Waals surface area contributed by atoms with Crippen LogP contribution < -0.4 is 5.73 Å². The summed E-state index contributed by atoms with van der Waals surface area (Å²) in [4.78, 5) is 0. The Balaban J connectivity index is 2.42. The highest BCUT2D eigenvalue weighted by atomic mass is 16.3. The molecule has 1 aromatic rings. The number of nitrogens with two attached hydrogens (primary N) is 1. The van der Waals surface area contributed by atoms with Crippen molar-refractivity contribution in [1.82, 2.24) is 0 Å². The van der Waals surface area contributed by atoms with E-state index in [0.717, 1.165) is 18.4 Å². The molecule has 2 heteroatoms. The Hall–Kier alpha value is -1.02. The first-order chi connectivity index (χ1) is 5.34. The van der Waals surface area contributed by atoms with Crippen LogP contribution in [-0.2, 0) is 0 Å². The maximum atomic E-state index is 5.82. The van der Waals surface area contributed by atoms with Gasteiger partial charge in [0, 0.05) is 11.6 Å². The van der Waals surface area contributed by atoms with Crippen molar-refractivity contribution in [2.45, 2.75) is 18.9 Å². The topological polar surface area (TPSA) is 39.2 Å². The summed E-state index contributed by atoms with van der Waals surface area (Å²) in [5.74, 6) is 0. The van der Waals surface area contributed by atoms with E-state index in [2.05, 4.69) is 6.58 Å².